The number of likely N-dealkylation sites (N-methyl/N-ethyl adjacent to an activating group) is 1. The normalized spacial score (nSPS) is 12.1. The van der Waals surface area contributed by atoms with Crippen molar-refractivity contribution < 1.29 is 4.79 Å². The first-order valence-corrected chi connectivity index (χ1v) is 7.37. The van der Waals surface area contributed by atoms with Crippen LogP contribution in [0.15, 0.2) is 17.5 Å². The lowest BCUT2D eigenvalue weighted by Gasteiger charge is -2.40. The van der Waals surface area contributed by atoms with E-state index in [2.05, 4.69) is 32.6 Å². The summed E-state index contributed by atoms with van der Waals surface area (Å²) in [7, 11) is 0. The molecule has 0 radical (unpaired) electrons. The average molecular weight is 253 g/mol. The van der Waals surface area contributed by atoms with Crippen molar-refractivity contribution in [1.82, 2.24) is 4.90 Å². The fraction of sp³-hybridized carbons (Fsp3) is 0.643. The zero-order chi connectivity index (χ0) is 12.9. The largest absolute Gasteiger partial charge is 0.291 e. The van der Waals surface area contributed by atoms with Crippen LogP contribution in [0.5, 0.6) is 0 Å². The van der Waals surface area contributed by atoms with Crippen molar-refractivity contribution in [2.75, 3.05) is 13.1 Å². The van der Waals surface area contributed by atoms with E-state index in [0.29, 0.717) is 5.78 Å². The Morgan fingerprint density at radius 2 is 1.82 bits per heavy atom. The zero-order valence-electron chi connectivity index (χ0n) is 11.3. The monoisotopic (exact) mass is 253 g/mol. The molecule has 3 heteroatoms. The van der Waals surface area contributed by atoms with Crippen molar-refractivity contribution in [3.8, 4) is 0 Å². The molecule has 0 spiro atoms. The molecule has 1 aromatic heterocycles. The van der Waals surface area contributed by atoms with Crippen molar-refractivity contribution >= 4 is 17.1 Å². The van der Waals surface area contributed by atoms with Crippen molar-refractivity contribution in [2.45, 2.75) is 46.1 Å². The van der Waals surface area contributed by atoms with Crippen molar-refractivity contribution in [2.24, 2.45) is 0 Å². The molecule has 0 atom stereocenters. The maximum Gasteiger partial charge on any atom is 0.192 e. The van der Waals surface area contributed by atoms with Gasteiger partial charge in [0.25, 0.3) is 0 Å². The Labute approximate surface area is 109 Å². The third kappa shape index (κ3) is 2.61. The molecular weight excluding hydrogens is 230 g/mol. The van der Waals surface area contributed by atoms with E-state index in [0.717, 1.165) is 30.8 Å². The van der Waals surface area contributed by atoms with Crippen molar-refractivity contribution in [1.29, 1.82) is 0 Å². The Hall–Kier alpha value is -0.670. The molecule has 2 nitrogen and oxygen atoms in total. The zero-order valence-corrected chi connectivity index (χ0v) is 12.1. The lowest BCUT2D eigenvalue weighted by atomic mass is 9.85. The van der Waals surface area contributed by atoms with Gasteiger partial charge in [0.1, 0.15) is 0 Å². The molecule has 1 rings (SSSR count). The van der Waals surface area contributed by atoms with Gasteiger partial charge in [-0.1, -0.05) is 33.8 Å². The summed E-state index contributed by atoms with van der Waals surface area (Å²) in [5.74, 6) is 0.293. The van der Waals surface area contributed by atoms with Crippen molar-refractivity contribution in [3.05, 3.63) is 22.4 Å². The third-order valence-corrected chi connectivity index (χ3v) is 4.57. The molecule has 0 amide bonds. The fourth-order valence-corrected chi connectivity index (χ4v) is 3.39. The summed E-state index contributed by atoms with van der Waals surface area (Å²) in [4.78, 5) is 15.9. The number of rotatable bonds is 7. The number of thiophene rings is 1. The molecule has 17 heavy (non-hydrogen) atoms. The number of carbonyl (C=O) groups is 1. The minimum atomic E-state index is -0.311. The summed E-state index contributed by atoms with van der Waals surface area (Å²) in [6, 6.07) is 3.90. The van der Waals surface area contributed by atoms with Crippen LogP contribution in [0, 0.1) is 0 Å². The van der Waals surface area contributed by atoms with Crippen LogP contribution in [0.25, 0.3) is 0 Å². The van der Waals surface area contributed by atoms with Crippen LogP contribution < -0.4 is 0 Å². The second-order valence-electron chi connectivity index (χ2n) is 4.22. The standard InChI is InChI=1S/C14H23NOS/c1-5-14(6-2,15(7-3)8-4)13(16)12-10-9-11-17-12/h9-11H,5-8H2,1-4H3. The summed E-state index contributed by atoms with van der Waals surface area (Å²) in [6.45, 7) is 10.3. The van der Waals surface area contributed by atoms with Crippen LogP contribution in [0.1, 0.15) is 50.2 Å². The summed E-state index contributed by atoms with van der Waals surface area (Å²) < 4.78 is 0. The van der Waals surface area contributed by atoms with Gasteiger partial charge in [-0.05, 0) is 37.4 Å². The lowest BCUT2D eigenvalue weighted by Crippen LogP contribution is -2.53. The van der Waals surface area contributed by atoms with E-state index in [1.54, 1.807) is 11.3 Å². The highest BCUT2D eigenvalue weighted by Crippen LogP contribution is 2.30. The Balaban J connectivity index is 3.10. The van der Waals surface area contributed by atoms with E-state index in [4.69, 9.17) is 0 Å². The highest BCUT2D eigenvalue weighted by molar-refractivity contribution is 7.12. The van der Waals surface area contributed by atoms with Gasteiger partial charge < -0.3 is 0 Å². The van der Waals surface area contributed by atoms with Gasteiger partial charge in [0.15, 0.2) is 5.78 Å². The third-order valence-electron chi connectivity index (χ3n) is 3.71. The molecule has 0 N–H and O–H groups in total. The first-order valence-electron chi connectivity index (χ1n) is 6.49. The molecule has 1 heterocycles. The minimum Gasteiger partial charge on any atom is -0.291 e. The first kappa shape index (κ1) is 14.4. The fourth-order valence-electron chi connectivity index (χ4n) is 2.63. The Morgan fingerprint density at radius 1 is 1.24 bits per heavy atom. The molecular formula is C14H23NOS. The Bertz CT molecular complexity index is 337. The highest BCUT2D eigenvalue weighted by Gasteiger charge is 2.40. The number of hydrogen-bond acceptors (Lipinski definition) is 3. The summed E-state index contributed by atoms with van der Waals surface area (Å²) in [5, 5.41) is 1.98. The van der Waals surface area contributed by atoms with Gasteiger partial charge in [-0.15, -0.1) is 11.3 Å². The predicted molar refractivity (Wildman–Crippen MR) is 74.9 cm³/mol. The predicted octanol–water partition coefficient (Wildman–Crippen LogP) is 3.83. The number of ketones is 1. The molecule has 0 aliphatic rings. The average Bonchev–Trinajstić information content (AvgIpc) is 2.89. The van der Waals surface area contributed by atoms with Gasteiger partial charge in [0.05, 0.1) is 10.4 Å². The van der Waals surface area contributed by atoms with Gasteiger partial charge in [-0.3, -0.25) is 9.69 Å². The second-order valence-corrected chi connectivity index (χ2v) is 5.17. The topological polar surface area (TPSA) is 20.3 Å². The Kier molecular flexibility index (Phi) is 5.34. The lowest BCUT2D eigenvalue weighted by molar-refractivity contribution is 0.0539. The summed E-state index contributed by atoms with van der Waals surface area (Å²) >= 11 is 1.55. The first-order chi connectivity index (χ1) is 8.16. The highest BCUT2D eigenvalue weighted by atomic mass is 32.1. The van der Waals surface area contributed by atoms with Gasteiger partial charge in [-0.2, -0.15) is 0 Å². The molecule has 0 fully saturated rings. The van der Waals surface area contributed by atoms with Crippen LogP contribution in [0.3, 0.4) is 0 Å². The molecule has 0 saturated heterocycles. The SMILES string of the molecule is CCN(CC)C(CC)(CC)C(=O)c1cccs1. The molecule has 0 aliphatic carbocycles. The van der Waals surface area contributed by atoms with Gasteiger partial charge >= 0.3 is 0 Å². The van der Waals surface area contributed by atoms with Crippen molar-refractivity contribution in [3.63, 3.8) is 0 Å². The quantitative estimate of drug-likeness (QED) is 0.688. The van der Waals surface area contributed by atoms with E-state index in [9.17, 15) is 4.79 Å². The van der Waals surface area contributed by atoms with Crippen LogP contribution in [-0.4, -0.2) is 29.3 Å². The summed E-state index contributed by atoms with van der Waals surface area (Å²) in [6.07, 6.45) is 1.75. The number of Topliss-reactive ketones (excluding diaryl/α,β-unsaturated/α-hetero) is 1. The van der Waals surface area contributed by atoms with Gasteiger partial charge in [0, 0.05) is 0 Å². The molecule has 0 aliphatic heterocycles. The molecule has 0 unspecified atom stereocenters. The van der Waals surface area contributed by atoms with Crippen LogP contribution in [0.2, 0.25) is 0 Å². The van der Waals surface area contributed by atoms with E-state index in [-0.39, 0.29) is 5.54 Å². The number of nitrogens with zero attached hydrogens (tertiary/aromatic N) is 1. The number of hydrogen-bond donors (Lipinski definition) is 0. The maximum atomic E-state index is 12.7. The molecule has 0 bridgehead atoms. The second kappa shape index (κ2) is 6.31. The van der Waals surface area contributed by atoms with E-state index < -0.39 is 0 Å². The van der Waals surface area contributed by atoms with Gasteiger partial charge in [-0.25, -0.2) is 0 Å². The molecule has 96 valence electrons. The van der Waals surface area contributed by atoms with E-state index in [1.807, 2.05) is 17.5 Å². The minimum absolute atomic E-state index is 0.293. The Morgan fingerprint density at radius 3 is 2.18 bits per heavy atom. The van der Waals surface area contributed by atoms with E-state index in [1.165, 1.54) is 0 Å². The number of carbonyl (C=O) groups excluding carboxylic acids is 1. The van der Waals surface area contributed by atoms with Crippen LogP contribution in [0.4, 0.5) is 0 Å². The molecule has 1 aromatic rings. The molecule has 0 aromatic carbocycles. The maximum absolute atomic E-state index is 12.7. The van der Waals surface area contributed by atoms with Gasteiger partial charge in [0.2, 0.25) is 0 Å². The molecule has 0 saturated carbocycles. The smallest absolute Gasteiger partial charge is 0.192 e. The van der Waals surface area contributed by atoms with Crippen LogP contribution >= 0.6 is 11.3 Å². The van der Waals surface area contributed by atoms with E-state index >= 15 is 0 Å². The summed E-state index contributed by atoms with van der Waals surface area (Å²) in [5.41, 5.74) is -0.311. The van der Waals surface area contributed by atoms with Crippen LogP contribution in [-0.2, 0) is 0 Å².